The summed E-state index contributed by atoms with van der Waals surface area (Å²) in [6.07, 6.45) is 0. The lowest BCUT2D eigenvalue weighted by Gasteiger charge is -2.10. The zero-order chi connectivity index (χ0) is 15.0. The van der Waals surface area contributed by atoms with Crippen molar-refractivity contribution in [3.05, 3.63) is 18.2 Å². The Kier molecular flexibility index (Phi) is 6.15. The van der Waals surface area contributed by atoms with Gasteiger partial charge in [-0.2, -0.15) is 0 Å². The number of anilines is 1. The SMILES string of the molecule is CCNC(=O)CN=C(N)Nc1ccc(OC)c(OC)c1. The van der Waals surface area contributed by atoms with Crippen LogP contribution in [0.1, 0.15) is 6.92 Å². The van der Waals surface area contributed by atoms with Gasteiger partial charge in [-0.3, -0.25) is 4.79 Å². The van der Waals surface area contributed by atoms with Gasteiger partial charge < -0.3 is 25.8 Å². The smallest absolute Gasteiger partial charge is 0.241 e. The first-order valence-electron chi connectivity index (χ1n) is 6.16. The van der Waals surface area contributed by atoms with Gasteiger partial charge in [0.25, 0.3) is 0 Å². The van der Waals surface area contributed by atoms with Crippen LogP contribution in [0.15, 0.2) is 23.2 Å². The highest BCUT2D eigenvalue weighted by molar-refractivity contribution is 5.94. The van der Waals surface area contributed by atoms with Crippen molar-refractivity contribution in [3.8, 4) is 11.5 Å². The molecule has 7 heteroatoms. The fourth-order valence-corrected chi connectivity index (χ4v) is 1.51. The highest BCUT2D eigenvalue weighted by Crippen LogP contribution is 2.29. The molecular weight excluding hydrogens is 260 g/mol. The third-order valence-electron chi connectivity index (χ3n) is 2.42. The lowest BCUT2D eigenvalue weighted by atomic mass is 10.3. The van der Waals surface area contributed by atoms with Gasteiger partial charge in [-0.1, -0.05) is 0 Å². The van der Waals surface area contributed by atoms with E-state index in [1.54, 1.807) is 32.4 Å². The number of ether oxygens (including phenoxy) is 2. The Hall–Kier alpha value is -2.44. The van der Waals surface area contributed by atoms with E-state index in [-0.39, 0.29) is 18.4 Å². The number of benzene rings is 1. The van der Waals surface area contributed by atoms with Crippen molar-refractivity contribution in [3.63, 3.8) is 0 Å². The predicted molar refractivity (Wildman–Crippen MR) is 78.3 cm³/mol. The number of carbonyl (C=O) groups excluding carboxylic acids is 1. The lowest BCUT2D eigenvalue weighted by Crippen LogP contribution is -2.28. The molecule has 0 fully saturated rings. The molecular formula is C13H20N4O3. The number of hydrogen-bond acceptors (Lipinski definition) is 4. The Morgan fingerprint density at radius 3 is 2.60 bits per heavy atom. The largest absolute Gasteiger partial charge is 0.493 e. The van der Waals surface area contributed by atoms with Gasteiger partial charge in [0.15, 0.2) is 17.5 Å². The summed E-state index contributed by atoms with van der Waals surface area (Å²) >= 11 is 0. The molecule has 0 radical (unpaired) electrons. The number of rotatable bonds is 6. The van der Waals surface area contributed by atoms with Crippen LogP contribution in [0, 0.1) is 0 Å². The molecule has 0 saturated heterocycles. The first-order valence-corrected chi connectivity index (χ1v) is 6.16. The number of nitrogens with one attached hydrogen (secondary N) is 2. The van der Waals surface area contributed by atoms with Crippen LogP contribution in [0.2, 0.25) is 0 Å². The fourth-order valence-electron chi connectivity index (χ4n) is 1.51. The summed E-state index contributed by atoms with van der Waals surface area (Å²) in [5, 5.41) is 5.51. The van der Waals surface area contributed by atoms with Gasteiger partial charge in [0.1, 0.15) is 6.54 Å². The summed E-state index contributed by atoms with van der Waals surface area (Å²) < 4.78 is 10.3. The number of nitrogens with two attached hydrogens (primary N) is 1. The number of guanidine groups is 1. The topological polar surface area (TPSA) is 98.0 Å². The zero-order valence-electron chi connectivity index (χ0n) is 11.9. The van der Waals surface area contributed by atoms with E-state index < -0.39 is 0 Å². The van der Waals surface area contributed by atoms with Crippen molar-refractivity contribution in [2.45, 2.75) is 6.92 Å². The monoisotopic (exact) mass is 280 g/mol. The molecule has 1 aromatic rings. The first-order chi connectivity index (χ1) is 9.60. The van der Waals surface area contributed by atoms with Gasteiger partial charge in [0.05, 0.1) is 14.2 Å². The van der Waals surface area contributed by atoms with E-state index in [0.717, 1.165) is 0 Å². The van der Waals surface area contributed by atoms with Crippen molar-refractivity contribution in [2.24, 2.45) is 10.7 Å². The molecule has 0 spiro atoms. The Morgan fingerprint density at radius 2 is 2.00 bits per heavy atom. The van der Waals surface area contributed by atoms with Gasteiger partial charge >= 0.3 is 0 Å². The van der Waals surface area contributed by atoms with Crippen molar-refractivity contribution < 1.29 is 14.3 Å². The molecule has 20 heavy (non-hydrogen) atoms. The van der Waals surface area contributed by atoms with E-state index in [4.69, 9.17) is 15.2 Å². The van der Waals surface area contributed by atoms with Gasteiger partial charge in [-0.05, 0) is 19.1 Å². The Balaban J connectivity index is 2.68. The van der Waals surface area contributed by atoms with E-state index in [1.807, 2.05) is 6.92 Å². The molecule has 0 bridgehead atoms. The molecule has 0 aliphatic rings. The summed E-state index contributed by atoms with van der Waals surface area (Å²) in [6, 6.07) is 5.25. The summed E-state index contributed by atoms with van der Waals surface area (Å²) in [5.41, 5.74) is 6.39. The molecule has 0 heterocycles. The minimum atomic E-state index is -0.176. The second-order valence-electron chi connectivity index (χ2n) is 3.85. The maximum Gasteiger partial charge on any atom is 0.241 e. The molecule has 0 aliphatic carbocycles. The number of carbonyl (C=O) groups is 1. The third-order valence-corrected chi connectivity index (χ3v) is 2.42. The molecule has 1 rings (SSSR count). The highest BCUT2D eigenvalue weighted by Gasteiger charge is 2.05. The average molecular weight is 280 g/mol. The van der Waals surface area contributed by atoms with Crippen molar-refractivity contribution >= 4 is 17.6 Å². The summed E-state index contributed by atoms with van der Waals surface area (Å²) in [7, 11) is 3.11. The Labute approximate surface area is 118 Å². The third kappa shape index (κ3) is 4.68. The highest BCUT2D eigenvalue weighted by atomic mass is 16.5. The number of amides is 1. The second kappa shape index (κ2) is 7.88. The van der Waals surface area contributed by atoms with Gasteiger partial charge in [-0.25, -0.2) is 4.99 Å². The quantitative estimate of drug-likeness (QED) is 0.522. The number of nitrogens with zero attached hydrogens (tertiary/aromatic N) is 1. The zero-order valence-corrected chi connectivity index (χ0v) is 11.9. The lowest BCUT2D eigenvalue weighted by molar-refractivity contribution is -0.119. The van der Waals surface area contributed by atoms with Gasteiger partial charge in [-0.15, -0.1) is 0 Å². The molecule has 1 amide bonds. The van der Waals surface area contributed by atoms with E-state index in [2.05, 4.69) is 15.6 Å². The standard InChI is InChI=1S/C13H20N4O3/c1-4-15-12(18)8-16-13(14)17-9-5-6-10(19-2)11(7-9)20-3/h5-7H,4,8H2,1-3H3,(H,15,18)(H3,14,16,17). The molecule has 0 aliphatic heterocycles. The minimum Gasteiger partial charge on any atom is -0.493 e. The average Bonchev–Trinajstić information content (AvgIpc) is 2.45. The molecule has 0 atom stereocenters. The fraction of sp³-hybridized carbons (Fsp3) is 0.385. The Bertz CT molecular complexity index is 489. The first kappa shape index (κ1) is 15.6. The second-order valence-corrected chi connectivity index (χ2v) is 3.85. The van der Waals surface area contributed by atoms with E-state index in [1.165, 1.54) is 0 Å². The molecule has 1 aromatic carbocycles. The maximum atomic E-state index is 11.2. The maximum absolute atomic E-state index is 11.2. The van der Waals surface area contributed by atoms with Crippen LogP contribution in [0.3, 0.4) is 0 Å². The number of methoxy groups -OCH3 is 2. The molecule has 0 unspecified atom stereocenters. The van der Waals surface area contributed by atoms with Crippen molar-refractivity contribution in [2.75, 3.05) is 32.6 Å². The van der Waals surface area contributed by atoms with Crippen molar-refractivity contribution in [1.82, 2.24) is 5.32 Å². The van der Waals surface area contributed by atoms with Crippen LogP contribution in [0.25, 0.3) is 0 Å². The van der Waals surface area contributed by atoms with Crippen LogP contribution < -0.4 is 25.8 Å². The minimum absolute atomic E-state index is 0.0139. The Morgan fingerprint density at radius 1 is 1.30 bits per heavy atom. The van der Waals surface area contributed by atoms with E-state index >= 15 is 0 Å². The van der Waals surface area contributed by atoms with E-state index in [0.29, 0.717) is 23.7 Å². The molecule has 4 N–H and O–H groups in total. The molecule has 7 nitrogen and oxygen atoms in total. The van der Waals surface area contributed by atoms with Crippen LogP contribution in [0.5, 0.6) is 11.5 Å². The molecule has 0 saturated carbocycles. The normalized spacial score (nSPS) is 10.8. The van der Waals surface area contributed by atoms with Gasteiger partial charge in [0.2, 0.25) is 5.91 Å². The number of hydrogen-bond donors (Lipinski definition) is 3. The number of likely N-dealkylation sites (N-methyl/N-ethyl adjacent to an activating group) is 1. The van der Waals surface area contributed by atoms with Crippen LogP contribution in [-0.2, 0) is 4.79 Å². The van der Waals surface area contributed by atoms with Crippen LogP contribution >= 0.6 is 0 Å². The molecule has 110 valence electrons. The summed E-state index contributed by atoms with van der Waals surface area (Å²) in [6.45, 7) is 2.39. The van der Waals surface area contributed by atoms with Gasteiger partial charge in [0, 0.05) is 18.3 Å². The predicted octanol–water partition coefficient (Wildman–Crippen LogP) is 0.567. The summed E-state index contributed by atoms with van der Waals surface area (Å²) in [5.74, 6) is 1.18. The summed E-state index contributed by atoms with van der Waals surface area (Å²) in [4.78, 5) is 15.2. The van der Waals surface area contributed by atoms with Crippen molar-refractivity contribution in [1.29, 1.82) is 0 Å². The van der Waals surface area contributed by atoms with Crippen LogP contribution in [0.4, 0.5) is 5.69 Å². The van der Waals surface area contributed by atoms with E-state index in [9.17, 15) is 4.79 Å². The van der Waals surface area contributed by atoms with Crippen LogP contribution in [-0.4, -0.2) is 39.2 Å². The number of aliphatic imine (C=N–C) groups is 1. The molecule has 0 aromatic heterocycles.